The first-order chi connectivity index (χ1) is 6.74. The Morgan fingerprint density at radius 3 is 2.93 bits per heavy atom. The number of hydrogen-bond donors (Lipinski definition) is 1. The number of rotatable bonds is 6. The van der Waals surface area contributed by atoms with Crippen molar-refractivity contribution in [2.75, 3.05) is 18.6 Å². The second-order valence-electron chi connectivity index (χ2n) is 3.59. The minimum atomic E-state index is 0.454. The van der Waals surface area contributed by atoms with Gasteiger partial charge in [-0.05, 0) is 20.1 Å². The summed E-state index contributed by atoms with van der Waals surface area (Å²) in [4.78, 5) is 0. The Labute approximate surface area is 90.3 Å². The molecule has 3 nitrogen and oxygen atoms in total. The molecule has 0 spiro atoms. The summed E-state index contributed by atoms with van der Waals surface area (Å²) in [5, 5.41) is 7.67. The molecule has 0 atom stereocenters. The van der Waals surface area contributed by atoms with Crippen LogP contribution in [0, 0.1) is 0 Å². The third kappa shape index (κ3) is 3.72. The smallest absolute Gasteiger partial charge is 0.0534 e. The molecule has 0 fully saturated rings. The highest BCUT2D eigenvalue weighted by atomic mass is 32.2. The Balaban J connectivity index is 2.29. The van der Waals surface area contributed by atoms with E-state index in [4.69, 9.17) is 0 Å². The molecule has 1 N–H and O–H groups in total. The van der Waals surface area contributed by atoms with Gasteiger partial charge >= 0.3 is 0 Å². The van der Waals surface area contributed by atoms with E-state index in [1.54, 1.807) is 0 Å². The Kier molecular flexibility index (Phi) is 5.04. The second-order valence-corrected chi connectivity index (χ2v) is 4.58. The third-order valence-corrected chi connectivity index (χ3v) is 2.61. The molecule has 14 heavy (non-hydrogen) atoms. The van der Waals surface area contributed by atoms with Crippen molar-refractivity contribution in [1.29, 1.82) is 0 Å². The summed E-state index contributed by atoms with van der Waals surface area (Å²) in [5.41, 5.74) is 1.26. The van der Waals surface area contributed by atoms with E-state index in [0.717, 1.165) is 18.8 Å². The summed E-state index contributed by atoms with van der Waals surface area (Å²) in [6, 6.07) is 0.454. The van der Waals surface area contributed by atoms with Crippen molar-refractivity contribution in [2.45, 2.75) is 26.4 Å². The molecule has 0 saturated carbocycles. The molecular formula is C10H19N3S. The lowest BCUT2D eigenvalue weighted by molar-refractivity contribution is 0.531. The zero-order chi connectivity index (χ0) is 10.4. The summed E-state index contributed by atoms with van der Waals surface area (Å²) in [6.45, 7) is 6.26. The zero-order valence-electron chi connectivity index (χ0n) is 9.16. The maximum absolute atomic E-state index is 4.29. The van der Waals surface area contributed by atoms with Gasteiger partial charge in [0, 0.05) is 36.6 Å². The fourth-order valence-electron chi connectivity index (χ4n) is 1.16. The van der Waals surface area contributed by atoms with Crippen LogP contribution >= 0.6 is 11.8 Å². The summed E-state index contributed by atoms with van der Waals surface area (Å²) in [6.07, 6.45) is 6.17. The lowest BCUT2D eigenvalue weighted by Crippen LogP contribution is -2.16. The van der Waals surface area contributed by atoms with Crippen molar-refractivity contribution in [2.24, 2.45) is 0 Å². The average Bonchev–Trinajstić information content (AvgIpc) is 2.61. The predicted octanol–water partition coefficient (Wildman–Crippen LogP) is 1.92. The van der Waals surface area contributed by atoms with Gasteiger partial charge in [-0.15, -0.1) is 0 Å². The predicted molar refractivity (Wildman–Crippen MR) is 62.7 cm³/mol. The fraction of sp³-hybridized carbons (Fsp3) is 0.700. The van der Waals surface area contributed by atoms with Crippen molar-refractivity contribution in [3.8, 4) is 0 Å². The number of hydrogen-bond acceptors (Lipinski definition) is 3. The van der Waals surface area contributed by atoms with Gasteiger partial charge in [0.05, 0.1) is 6.20 Å². The molecule has 0 aliphatic heterocycles. The van der Waals surface area contributed by atoms with Gasteiger partial charge in [-0.1, -0.05) is 0 Å². The van der Waals surface area contributed by atoms with E-state index in [-0.39, 0.29) is 0 Å². The zero-order valence-corrected chi connectivity index (χ0v) is 9.97. The highest BCUT2D eigenvalue weighted by Gasteiger charge is 2.00. The van der Waals surface area contributed by atoms with Crippen LogP contribution in [0.1, 0.15) is 25.5 Å². The lowest BCUT2D eigenvalue weighted by atomic mass is 10.3. The SMILES string of the molecule is CSCCNCc1cnn(C(C)C)c1. The van der Waals surface area contributed by atoms with Crippen LogP contribution in [0.25, 0.3) is 0 Å². The van der Waals surface area contributed by atoms with E-state index < -0.39 is 0 Å². The number of nitrogens with one attached hydrogen (secondary N) is 1. The highest BCUT2D eigenvalue weighted by Crippen LogP contribution is 2.04. The standard InChI is InChI=1S/C10H19N3S/c1-9(2)13-8-10(7-12-13)6-11-4-5-14-3/h7-9,11H,4-6H2,1-3H3. The van der Waals surface area contributed by atoms with Crippen LogP contribution in [0.3, 0.4) is 0 Å². The van der Waals surface area contributed by atoms with Gasteiger partial charge in [-0.3, -0.25) is 4.68 Å². The van der Waals surface area contributed by atoms with Crippen LogP contribution < -0.4 is 5.32 Å². The van der Waals surface area contributed by atoms with Crippen LogP contribution in [0.5, 0.6) is 0 Å². The molecule has 1 heterocycles. The molecule has 1 aromatic rings. The number of nitrogens with zero attached hydrogens (tertiary/aromatic N) is 2. The molecule has 0 bridgehead atoms. The first-order valence-electron chi connectivity index (χ1n) is 4.96. The van der Waals surface area contributed by atoms with Crippen molar-refractivity contribution >= 4 is 11.8 Å². The van der Waals surface area contributed by atoms with Gasteiger partial charge in [0.2, 0.25) is 0 Å². The third-order valence-electron chi connectivity index (χ3n) is 2.00. The van der Waals surface area contributed by atoms with Gasteiger partial charge in [0.1, 0.15) is 0 Å². The van der Waals surface area contributed by atoms with Crippen molar-refractivity contribution in [3.05, 3.63) is 18.0 Å². The van der Waals surface area contributed by atoms with Crippen molar-refractivity contribution in [3.63, 3.8) is 0 Å². The Bertz CT molecular complexity index is 258. The molecule has 0 aliphatic rings. The highest BCUT2D eigenvalue weighted by molar-refractivity contribution is 7.98. The first kappa shape index (κ1) is 11.6. The van der Waals surface area contributed by atoms with Crippen molar-refractivity contribution in [1.82, 2.24) is 15.1 Å². The minimum Gasteiger partial charge on any atom is -0.312 e. The van der Waals surface area contributed by atoms with Crippen LogP contribution in [-0.2, 0) is 6.54 Å². The van der Waals surface area contributed by atoms with Crippen LogP contribution in [0.15, 0.2) is 12.4 Å². The molecule has 0 aliphatic carbocycles. The molecule has 4 heteroatoms. The molecule has 80 valence electrons. The molecule has 1 aromatic heterocycles. The van der Waals surface area contributed by atoms with E-state index in [1.165, 1.54) is 5.56 Å². The van der Waals surface area contributed by atoms with Gasteiger partial charge in [0.15, 0.2) is 0 Å². The molecule has 0 unspecified atom stereocenters. The van der Waals surface area contributed by atoms with Crippen LogP contribution in [0.2, 0.25) is 0 Å². The summed E-state index contributed by atoms with van der Waals surface area (Å²) in [7, 11) is 0. The minimum absolute atomic E-state index is 0.454. The molecule has 0 radical (unpaired) electrons. The van der Waals surface area contributed by atoms with Gasteiger partial charge in [0.25, 0.3) is 0 Å². The largest absolute Gasteiger partial charge is 0.312 e. The Morgan fingerprint density at radius 1 is 1.57 bits per heavy atom. The fourth-order valence-corrected chi connectivity index (χ4v) is 1.51. The molecule has 0 amide bonds. The van der Waals surface area contributed by atoms with E-state index in [1.807, 2.05) is 22.6 Å². The lowest BCUT2D eigenvalue weighted by Gasteiger charge is -2.03. The molecule has 0 saturated heterocycles. The summed E-state index contributed by atoms with van der Waals surface area (Å²) < 4.78 is 1.99. The average molecular weight is 213 g/mol. The van der Waals surface area contributed by atoms with Gasteiger partial charge in [-0.25, -0.2) is 0 Å². The molecule has 0 aromatic carbocycles. The van der Waals surface area contributed by atoms with E-state index in [0.29, 0.717) is 6.04 Å². The Morgan fingerprint density at radius 2 is 2.36 bits per heavy atom. The van der Waals surface area contributed by atoms with E-state index >= 15 is 0 Å². The molecular weight excluding hydrogens is 194 g/mol. The van der Waals surface area contributed by atoms with Crippen LogP contribution in [-0.4, -0.2) is 28.3 Å². The Hall–Kier alpha value is -0.480. The quantitative estimate of drug-likeness (QED) is 0.732. The van der Waals surface area contributed by atoms with E-state index in [2.05, 4.69) is 36.7 Å². The number of aromatic nitrogens is 2. The van der Waals surface area contributed by atoms with Gasteiger partial charge in [-0.2, -0.15) is 16.9 Å². The van der Waals surface area contributed by atoms with Gasteiger partial charge < -0.3 is 5.32 Å². The summed E-state index contributed by atoms with van der Waals surface area (Å²) in [5.74, 6) is 1.16. The topological polar surface area (TPSA) is 29.9 Å². The van der Waals surface area contributed by atoms with Crippen LogP contribution in [0.4, 0.5) is 0 Å². The maximum Gasteiger partial charge on any atom is 0.0534 e. The van der Waals surface area contributed by atoms with Crippen molar-refractivity contribution < 1.29 is 0 Å². The summed E-state index contributed by atoms with van der Waals surface area (Å²) >= 11 is 1.86. The monoisotopic (exact) mass is 213 g/mol. The maximum atomic E-state index is 4.29. The second kappa shape index (κ2) is 6.09. The molecule has 1 rings (SSSR count). The normalized spacial score (nSPS) is 11.1. The van der Waals surface area contributed by atoms with E-state index in [9.17, 15) is 0 Å². The first-order valence-corrected chi connectivity index (χ1v) is 6.36. The number of thioether (sulfide) groups is 1.